The van der Waals surface area contributed by atoms with Gasteiger partial charge in [-0.25, -0.2) is 12.8 Å². The van der Waals surface area contributed by atoms with Crippen LogP contribution in [0.2, 0.25) is 0 Å². The van der Waals surface area contributed by atoms with Crippen LogP contribution in [0.5, 0.6) is 0 Å². The van der Waals surface area contributed by atoms with Gasteiger partial charge >= 0.3 is 0 Å². The first-order valence-electron chi connectivity index (χ1n) is 6.78. The van der Waals surface area contributed by atoms with Crippen LogP contribution in [0.25, 0.3) is 0 Å². The Hall–Kier alpha value is -1.66. The minimum Gasteiger partial charge on any atom is -0.464 e. The van der Waals surface area contributed by atoms with E-state index in [1.54, 1.807) is 12.1 Å². The van der Waals surface area contributed by atoms with Crippen LogP contribution in [-0.2, 0) is 22.1 Å². The summed E-state index contributed by atoms with van der Waals surface area (Å²) in [5, 5.41) is 3.17. The van der Waals surface area contributed by atoms with Crippen LogP contribution < -0.4 is 5.32 Å². The van der Waals surface area contributed by atoms with Gasteiger partial charge in [-0.15, -0.1) is 0 Å². The van der Waals surface area contributed by atoms with Gasteiger partial charge in [0, 0.05) is 0 Å². The molecule has 6 heteroatoms. The van der Waals surface area contributed by atoms with Crippen molar-refractivity contribution in [2.24, 2.45) is 0 Å². The van der Waals surface area contributed by atoms with Gasteiger partial charge in [0.25, 0.3) is 0 Å². The van der Waals surface area contributed by atoms with Crippen molar-refractivity contribution >= 4 is 9.84 Å². The molecule has 0 saturated carbocycles. The van der Waals surface area contributed by atoms with Gasteiger partial charge in [-0.3, -0.25) is 0 Å². The van der Waals surface area contributed by atoms with Gasteiger partial charge in [-0.1, -0.05) is 13.0 Å². The van der Waals surface area contributed by atoms with Crippen molar-refractivity contribution < 1.29 is 17.2 Å². The van der Waals surface area contributed by atoms with Crippen molar-refractivity contribution in [1.29, 1.82) is 0 Å². The summed E-state index contributed by atoms with van der Waals surface area (Å²) >= 11 is 0. The average Bonchev–Trinajstić information content (AvgIpc) is 2.86. The van der Waals surface area contributed by atoms with Crippen molar-refractivity contribution in [3.63, 3.8) is 0 Å². The molecule has 0 unspecified atom stereocenters. The summed E-state index contributed by atoms with van der Waals surface area (Å²) in [5.74, 6) is 0.199. The molecule has 114 valence electrons. The molecular weight excluding hydrogens is 293 g/mol. The highest BCUT2D eigenvalue weighted by atomic mass is 32.2. The van der Waals surface area contributed by atoms with Crippen LogP contribution in [0.3, 0.4) is 0 Å². The summed E-state index contributed by atoms with van der Waals surface area (Å²) in [4.78, 5) is -0.0374. The fraction of sp³-hybridized carbons (Fsp3) is 0.333. The van der Waals surface area contributed by atoms with Gasteiger partial charge in [0.15, 0.2) is 9.84 Å². The molecule has 0 spiro atoms. The minimum absolute atomic E-state index is 0.0374. The summed E-state index contributed by atoms with van der Waals surface area (Å²) in [6.07, 6.45) is 1.02. The molecule has 0 fully saturated rings. The standard InChI is InChI=1S/C15H18FNO3S/c1-2-8-17-10-13-6-7-14(20-13)11-21(18,19)15-5-3-4-12(16)9-15/h3-7,9,17H,2,8,10-11H2,1H3. The van der Waals surface area contributed by atoms with Crippen LogP contribution >= 0.6 is 0 Å². The predicted molar refractivity (Wildman–Crippen MR) is 78.0 cm³/mol. The number of nitrogens with one attached hydrogen (secondary N) is 1. The van der Waals surface area contributed by atoms with Crippen molar-refractivity contribution in [2.45, 2.75) is 30.5 Å². The van der Waals surface area contributed by atoms with Crippen molar-refractivity contribution in [2.75, 3.05) is 6.54 Å². The zero-order valence-electron chi connectivity index (χ0n) is 11.8. The first kappa shape index (κ1) is 15.7. The zero-order valence-corrected chi connectivity index (χ0v) is 12.6. The third kappa shape index (κ3) is 4.41. The Kier molecular flexibility index (Phi) is 5.14. The monoisotopic (exact) mass is 311 g/mol. The number of hydrogen-bond donors (Lipinski definition) is 1. The number of furan rings is 1. The molecule has 1 heterocycles. The van der Waals surface area contributed by atoms with Crippen LogP contribution in [-0.4, -0.2) is 15.0 Å². The van der Waals surface area contributed by atoms with Gasteiger partial charge in [0.1, 0.15) is 23.1 Å². The smallest absolute Gasteiger partial charge is 0.185 e. The number of hydrogen-bond acceptors (Lipinski definition) is 4. The average molecular weight is 311 g/mol. The molecule has 2 rings (SSSR count). The van der Waals surface area contributed by atoms with E-state index in [9.17, 15) is 12.8 Å². The van der Waals surface area contributed by atoms with Gasteiger partial charge in [0.2, 0.25) is 0 Å². The second-order valence-electron chi connectivity index (χ2n) is 4.76. The Balaban J connectivity index is 2.07. The Labute approximate surface area is 123 Å². The molecule has 1 aromatic heterocycles. The molecule has 0 saturated heterocycles. The molecular formula is C15H18FNO3S. The molecule has 0 radical (unpaired) electrons. The zero-order chi connectivity index (χ0) is 15.3. The van der Waals surface area contributed by atoms with E-state index in [1.807, 2.05) is 0 Å². The summed E-state index contributed by atoms with van der Waals surface area (Å²) in [6.45, 7) is 3.50. The van der Waals surface area contributed by atoms with Gasteiger partial charge in [0.05, 0.1) is 11.4 Å². The van der Waals surface area contributed by atoms with E-state index in [-0.39, 0.29) is 10.6 Å². The Morgan fingerprint density at radius 3 is 2.67 bits per heavy atom. The van der Waals surface area contributed by atoms with E-state index in [2.05, 4.69) is 12.2 Å². The lowest BCUT2D eigenvalue weighted by Crippen LogP contribution is -2.13. The molecule has 0 aliphatic carbocycles. The lowest BCUT2D eigenvalue weighted by Gasteiger charge is -2.03. The largest absolute Gasteiger partial charge is 0.464 e. The van der Waals surface area contributed by atoms with E-state index in [0.29, 0.717) is 18.1 Å². The summed E-state index contributed by atoms with van der Waals surface area (Å²) < 4.78 is 43.0. The van der Waals surface area contributed by atoms with E-state index in [0.717, 1.165) is 19.0 Å². The third-order valence-electron chi connectivity index (χ3n) is 2.93. The van der Waals surface area contributed by atoms with Crippen molar-refractivity contribution in [1.82, 2.24) is 5.32 Å². The summed E-state index contributed by atoms with van der Waals surface area (Å²) in [5.41, 5.74) is 0. The van der Waals surface area contributed by atoms with Crippen LogP contribution in [0.1, 0.15) is 24.9 Å². The predicted octanol–water partition coefficient (Wildman–Crippen LogP) is 2.89. The van der Waals surface area contributed by atoms with Crippen molar-refractivity contribution in [3.05, 3.63) is 53.7 Å². The summed E-state index contributed by atoms with van der Waals surface area (Å²) in [7, 11) is -3.60. The highest BCUT2D eigenvalue weighted by Gasteiger charge is 2.18. The number of halogens is 1. The first-order chi connectivity index (χ1) is 10.0. The number of benzene rings is 1. The quantitative estimate of drug-likeness (QED) is 0.799. The van der Waals surface area contributed by atoms with Gasteiger partial charge in [-0.2, -0.15) is 0 Å². The van der Waals surface area contributed by atoms with Crippen LogP contribution in [0.4, 0.5) is 4.39 Å². The molecule has 2 aromatic rings. The normalized spacial score (nSPS) is 11.7. The highest BCUT2D eigenvalue weighted by Crippen LogP contribution is 2.19. The van der Waals surface area contributed by atoms with E-state index in [1.165, 1.54) is 18.2 Å². The fourth-order valence-electron chi connectivity index (χ4n) is 1.91. The fourth-order valence-corrected chi connectivity index (χ4v) is 3.19. The maximum absolute atomic E-state index is 13.1. The van der Waals surface area contributed by atoms with E-state index < -0.39 is 15.7 Å². The number of rotatable bonds is 7. The topological polar surface area (TPSA) is 59.3 Å². The molecule has 0 atom stereocenters. The van der Waals surface area contributed by atoms with E-state index >= 15 is 0 Å². The molecule has 0 aliphatic rings. The Morgan fingerprint density at radius 2 is 1.95 bits per heavy atom. The second-order valence-corrected chi connectivity index (χ2v) is 6.75. The van der Waals surface area contributed by atoms with Crippen LogP contribution in [0.15, 0.2) is 45.7 Å². The van der Waals surface area contributed by atoms with E-state index in [4.69, 9.17) is 4.42 Å². The minimum atomic E-state index is -3.60. The highest BCUT2D eigenvalue weighted by molar-refractivity contribution is 7.90. The Bertz CT molecular complexity index is 694. The number of sulfone groups is 1. The second kappa shape index (κ2) is 6.87. The van der Waals surface area contributed by atoms with Gasteiger partial charge in [-0.05, 0) is 43.3 Å². The molecule has 21 heavy (non-hydrogen) atoms. The molecule has 1 N–H and O–H groups in total. The van der Waals surface area contributed by atoms with Gasteiger partial charge < -0.3 is 9.73 Å². The molecule has 4 nitrogen and oxygen atoms in total. The van der Waals surface area contributed by atoms with Crippen molar-refractivity contribution in [3.8, 4) is 0 Å². The third-order valence-corrected chi connectivity index (χ3v) is 4.57. The maximum atomic E-state index is 13.1. The molecule has 1 aromatic carbocycles. The Morgan fingerprint density at radius 1 is 1.19 bits per heavy atom. The maximum Gasteiger partial charge on any atom is 0.185 e. The summed E-state index contributed by atoms with van der Waals surface area (Å²) in [6, 6.07) is 8.37. The molecule has 0 bridgehead atoms. The lowest BCUT2D eigenvalue weighted by atomic mass is 10.4. The first-order valence-corrected chi connectivity index (χ1v) is 8.43. The molecule has 0 aliphatic heterocycles. The molecule has 0 amide bonds. The van der Waals surface area contributed by atoms with Crippen LogP contribution in [0, 0.1) is 5.82 Å². The lowest BCUT2D eigenvalue weighted by molar-refractivity contribution is 0.456. The SMILES string of the molecule is CCCNCc1ccc(CS(=O)(=O)c2cccc(F)c2)o1.